The van der Waals surface area contributed by atoms with Gasteiger partial charge in [0.05, 0.1) is 0 Å². The van der Waals surface area contributed by atoms with Crippen LogP contribution in [-0.2, 0) is 0 Å². The van der Waals surface area contributed by atoms with Crippen molar-refractivity contribution in [1.29, 1.82) is 0 Å². The van der Waals surface area contributed by atoms with Crippen molar-refractivity contribution in [3.05, 3.63) is 11.6 Å². The number of nitrogens with zero attached hydrogens (tertiary/aromatic N) is 1. The van der Waals surface area contributed by atoms with Gasteiger partial charge in [0.15, 0.2) is 0 Å². The Hall–Kier alpha value is -1.32. The van der Waals surface area contributed by atoms with E-state index in [4.69, 9.17) is 5.73 Å². The predicted octanol–water partition coefficient (Wildman–Crippen LogP) is 3.58. The number of amides is 2. The van der Waals surface area contributed by atoms with Gasteiger partial charge < -0.3 is 5.73 Å². The molecule has 0 aromatic carbocycles. The summed E-state index contributed by atoms with van der Waals surface area (Å²) in [5.74, 6) is 0.734. The fourth-order valence-electron chi connectivity index (χ4n) is 1.71. The second kappa shape index (κ2) is 9.68. The third-order valence-corrected chi connectivity index (χ3v) is 2.80. The smallest absolute Gasteiger partial charge is 0.332 e. The van der Waals surface area contributed by atoms with E-state index >= 15 is 0 Å². The van der Waals surface area contributed by atoms with Crippen molar-refractivity contribution in [3.8, 4) is 0 Å². The maximum Gasteiger partial charge on any atom is 0.332 e. The molecule has 104 valence electrons. The van der Waals surface area contributed by atoms with E-state index in [1.165, 1.54) is 24.8 Å². The van der Waals surface area contributed by atoms with Crippen LogP contribution in [0.1, 0.15) is 59.8 Å². The first kappa shape index (κ1) is 16.7. The number of carbonyl (C=O) groups excluding carboxylic acids is 1. The molecule has 0 rings (SSSR count). The minimum atomic E-state index is -0.607. The van der Waals surface area contributed by atoms with Crippen LogP contribution in [0.4, 0.5) is 4.79 Å². The van der Waals surface area contributed by atoms with Crippen molar-refractivity contribution in [2.24, 2.45) is 16.8 Å². The molecule has 0 aromatic rings. The molecule has 2 amide bonds. The first-order valence-corrected chi connectivity index (χ1v) is 6.63. The largest absolute Gasteiger partial charge is 0.350 e. The van der Waals surface area contributed by atoms with Crippen LogP contribution in [0.5, 0.6) is 0 Å². The van der Waals surface area contributed by atoms with Crippen molar-refractivity contribution in [3.63, 3.8) is 0 Å². The molecule has 1 atom stereocenters. The molecule has 0 bridgehead atoms. The summed E-state index contributed by atoms with van der Waals surface area (Å²) in [4.78, 5) is 10.5. The van der Waals surface area contributed by atoms with Gasteiger partial charge in [0.25, 0.3) is 0 Å². The Balaban J connectivity index is 3.67. The van der Waals surface area contributed by atoms with Crippen LogP contribution in [0.2, 0.25) is 0 Å². The van der Waals surface area contributed by atoms with E-state index < -0.39 is 6.03 Å². The van der Waals surface area contributed by atoms with Crippen molar-refractivity contribution in [2.75, 3.05) is 0 Å². The Morgan fingerprint density at radius 1 is 1.33 bits per heavy atom. The molecule has 0 aliphatic carbocycles. The van der Waals surface area contributed by atoms with Crippen molar-refractivity contribution >= 4 is 11.7 Å². The van der Waals surface area contributed by atoms with Crippen LogP contribution in [0.15, 0.2) is 16.8 Å². The number of nitrogens with two attached hydrogens (primary N) is 1. The number of hydrazone groups is 1. The predicted molar refractivity (Wildman–Crippen MR) is 77.5 cm³/mol. The average molecular weight is 253 g/mol. The highest BCUT2D eigenvalue weighted by molar-refractivity contribution is 5.83. The normalized spacial score (nSPS) is 13.0. The van der Waals surface area contributed by atoms with Crippen LogP contribution < -0.4 is 11.2 Å². The molecule has 0 unspecified atom stereocenters. The van der Waals surface area contributed by atoms with Gasteiger partial charge in [0.2, 0.25) is 0 Å². The quantitative estimate of drug-likeness (QED) is 0.387. The highest BCUT2D eigenvalue weighted by Crippen LogP contribution is 2.15. The lowest BCUT2D eigenvalue weighted by atomic mass is 9.97. The topological polar surface area (TPSA) is 67.5 Å². The molecule has 0 heterocycles. The monoisotopic (exact) mass is 253 g/mol. The lowest BCUT2D eigenvalue weighted by Gasteiger charge is -2.09. The summed E-state index contributed by atoms with van der Waals surface area (Å²) in [5.41, 5.74) is 9.50. The molecule has 0 radical (unpaired) electrons. The lowest BCUT2D eigenvalue weighted by molar-refractivity contribution is 0.249. The van der Waals surface area contributed by atoms with Gasteiger partial charge in [-0.05, 0) is 52.4 Å². The fraction of sp³-hybridized carbons (Fsp3) is 0.714. The molecule has 18 heavy (non-hydrogen) atoms. The van der Waals surface area contributed by atoms with Crippen LogP contribution >= 0.6 is 0 Å². The summed E-state index contributed by atoms with van der Waals surface area (Å²) in [5, 5.41) is 3.89. The van der Waals surface area contributed by atoms with Crippen LogP contribution in [0.3, 0.4) is 0 Å². The number of primary amides is 1. The van der Waals surface area contributed by atoms with Crippen LogP contribution in [-0.4, -0.2) is 11.7 Å². The van der Waals surface area contributed by atoms with Crippen molar-refractivity contribution < 1.29 is 4.79 Å². The molecule has 0 spiro atoms. The van der Waals surface area contributed by atoms with Gasteiger partial charge in [-0.3, -0.25) is 0 Å². The molecule has 0 aromatic heterocycles. The lowest BCUT2D eigenvalue weighted by Crippen LogP contribution is -2.25. The second-order valence-electron chi connectivity index (χ2n) is 5.18. The van der Waals surface area contributed by atoms with E-state index in [1.54, 1.807) is 0 Å². The molecule has 4 heteroatoms. The molecule has 0 aliphatic rings. The molecular weight excluding hydrogens is 226 g/mol. The molecule has 3 N–H and O–H groups in total. The number of urea groups is 1. The Bertz CT molecular complexity index is 304. The Morgan fingerprint density at radius 2 is 2.00 bits per heavy atom. The SMILES string of the molecule is CC(C)=CCC[C@H](C)CCC/C(C)=N/NC(N)=O. The Morgan fingerprint density at radius 3 is 2.56 bits per heavy atom. The zero-order chi connectivity index (χ0) is 14.0. The summed E-state index contributed by atoms with van der Waals surface area (Å²) in [6.07, 6.45) is 7.90. The van der Waals surface area contributed by atoms with E-state index in [1.807, 2.05) is 6.92 Å². The number of rotatable bonds is 8. The van der Waals surface area contributed by atoms with Gasteiger partial charge in [0.1, 0.15) is 0 Å². The minimum absolute atomic E-state index is 0.607. The van der Waals surface area contributed by atoms with E-state index in [0.29, 0.717) is 0 Å². The van der Waals surface area contributed by atoms with E-state index in [-0.39, 0.29) is 0 Å². The number of hydrogen-bond donors (Lipinski definition) is 2. The first-order valence-electron chi connectivity index (χ1n) is 6.63. The molecule has 4 nitrogen and oxygen atoms in total. The van der Waals surface area contributed by atoms with Gasteiger partial charge in [-0.15, -0.1) is 0 Å². The van der Waals surface area contributed by atoms with Gasteiger partial charge in [-0.25, -0.2) is 10.2 Å². The van der Waals surface area contributed by atoms with Gasteiger partial charge in [-0.2, -0.15) is 5.10 Å². The Labute approximate surface area is 111 Å². The van der Waals surface area contributed by atoms with Gasteiger partial charge >= 0.3 is 6.03 Å². The number of carbonyl (C=O) groups is 1. The highest BCUT2D eigenvalue weighted by atomic mass is 16.2. The third kappa shape index (κ3) is 11.2. The molecular formula is C14H27N3O. The Kier molecular flexibility index (Phi) is 8.97. The maximum atomic E-state index is 10.5. The average Bonchev–Trinajstić information content (AvgIpc) is 2.25. The minimum Gasteiger partial charge on any atom is -0.350 e. The summed E-state index contributed by atoms with van der Waals surface area (Å²) < 4.78 is 0. The second-order valence-corrected chi connectivity index (χ2v) is 5.18. The first-order chi connectivity index (χ1) is 8.41. The van der Waals surface area contributed by atoms with Crippen molar-refractivity contribution in [2.45, 2.75) is 59.8 Å². The van der Waals surface area contributed by atoms with Crippen LogP contribution in [0.25, 0.3) is 0 Å². The molecule has 0 aliphatic heterocycles. The van der Waals surface area contributed by atoms with Gasteiger partial charge in [-0.1, -0.05) is 25.0 Å². The highest BCUT2D eigenvalue weighted by Gasteiger charge is 2.02. The number of nitrogens with one attached hydrogen (secondary N) is 1. The van der Waals surface area contributed by atoms with E-state index in [2.05, 4.69) is 37.4 Å². The maximum absolute atomic E-state index is 10.5. The van der Waals surface area contributed by atoms with E-state index in [9.17, 15) is 4.79 Å². The molecule has 0 fully saturated rings. The standard InChI is InChI=1S/C14H27N3O/c1-11(2)7-5-8-12(3)9-6-10-13(4)16-17-14(15)18/h7,12H,5-6,8-10H2,1-4H3,(H3,15,17,18)/b16-13+/t12-/m0/s1. The van der Waals surface area contributed by atoms with Crippen LogP contribution in [0, 0.1) is 5.92 Å². The number of allylic oxidation sites excluding steroid dienone is 2. The van der Waals surface area contributed by atoms with E-state index in [0.717, 1.165) is 24.5 Å². The summed E-state index contributed by atoms with van der Waals surface area (Å²) in [7, 11) is 0. The van der Waals surface area contributed by atoms with Gasteiger partial charge in [0, 0.05) is 5.71 Å². The molecule has 0 saturated carbocycles. The fourth-order valence-corrected chi connectivity index (χ4v) is 1.71. The van der Waals surface area contributed by atoms with Crippen molar-refractivity contribution in [1.82, 2.24) is 5.43 Å². The third-order valence-electron chi connectivity index (χ3n) is 2.80. The summed E-state index contributed by atoms with van der Waals surface area (Å²) in [6, 6.07) is -0.607. The zero-order valence-electron chi connectivity index (χ0n) is 12.1. The summed E-state index contributed by atoms with van der Waals surface area (Å²) in [6.45, 7) is 8.46. The number of hydrogen-bond acceptors (Lipinski definition) is 2. The zero-order valence-corrected chi connectivity index (χ0v) is 12.1. The summed E-state index contributed by atoms with van der Waals surface area (Å²) >= 11 is 0. The molecule has 0 saturated heterocycles.